The zero-order valence-corrected chi connectivity index (χ0v) is 9.55. The first kappa shape index (κ1) is 11.8. The molecule has 0 amide bonds. The third kappa shape index (κ3) is 4.66. The summed E-state index contributed by atoms with van der Waals surface area (Å²) in [5, 5.41) is 3.25. The lowest BCUT2D eigenvalue weighted by atomic mass is 10.1. The molecule has 0 saturated carbocycles. The number of ether oxygens (including phenoxy) is 1. The number of nitrogens with one attached hydrogen (secondary N) is 1. The van der Waals surface area contributed by atoms with E-state index in [1.165, 1.54) is 11.1 Å². The maximum atomic E-state index is 5.12. The highest BCUT2D eigenvalue weighted by Gasteiger charge is 1.96. The summed E-state index contributed by atoms with van der Waals surface area (Å²) in [4.78, 5) is 0. The molecule has 82 valence electrons. The molecule has 2 heteroatoms. The van der Waals surface area contributed by atoms with E-state index in [2.05, 4.69) is 31.0 Å². The molecule has 1 rings (SSSR count). The van der Waals surface area contributed by atoms with E-state index in [0.29, 0.717) is 6.61 Å². The molecular weight excluding hydrogens is 186 g/mol. The van der Waals surface area contributed by atoms with Crippen LogP contribution in [-0.4, -0.2) is 20.3 Å². The number of methoxy groups -OCH3 is 1. The summed E-state index contributed by atoms with van der Waals surface area (Å²) in [5.74, 6) is 0. The van der Waals surface area contributed by atoms with Crippen LogP contribution < -0.4 is 5.32 Å². The highest BCUT2D eigenvalue weighted by Crippen LogP contribution is 2.06. The number of allylic oxidation sites excluding steroid dienone is 3. The van der Waals surface area contributed by atoms with E-state index in [-0.39, 0.29) is 0 Å². The third-order valence-corrected chi connectivity index (χ3v) is 2.25. The first-order valence-corrected chi connectivity index (χ1v) is 5.17. The molecule has 0 fully saturated rings. The predicted octanol–water partition coefficient (Wildman–Crippen LogP) is 2.57. The van der Waals surface area contributed by atoms with Gasteiger partial charge in [0.2, 0.25) is 0 Å². The Morgan fingerprint density at radius 1 is 1.40 bits per heavy atom. The largest absolute Gasteiger partial charge is 0.382 e. The Hall–Kier alpha value is -1.28. The number of rotatable bonds is 2. The van der Waals surface area contributed by atoms with Crippen LogP contribution in [0.3, 0.4) is 0 Å². The predicted molar refractivity (Wildman–Crippen MR) is 64.6 cm³/mol. The Balaban J connectivity index is 2.77. The van der Waals surface area contributed by atoms with Gasteiger partial charge in [-0.15, -0.1) is 0 Å². The standard InChI is InChI=1S/C13H19NO/c1-11-5-4-6-13(10-15-3)8-7-12(2)14-9-11/h5-8,14H,2,4,9-10H2,1,3H3/b8-7-,11-5-,13-6+. The Morgan fingerprint density at radius 3 is 2.93 bits per heavy atom. The quantitative estimate of drug-likeness (QED) is 0.700. The zero-order chi connectivity index (χ0) is 11.1. The molecule has 0 aromatic rings. The maximum absolute atomic E-state index is 5.12. The fourth-order valence-corrected chi connectivity index (χ4v) is 1.34. The summed E-state index contributed by atoms with van der Waals surface area (Å²) in [5.41, 5.74) is 3.46. The molecule has 0 aliphatic carbocycles. The van der Waals surface area contributed by atoms with E-state index < -0.39 is 0 Å². The molecule has 0 spiro atoms. The van der Waals surface area contributed by atoms with Gasteiger partial charge in [0.25, 0.3) is 0 Å². The first-order chi connectivity index (χ1) is 7.22. The Kier molecular flexibility index (Phi) is 4.91. The van der Waals surface area contributed by atoms with Crippen molar-refractivity contribution in [1.29, 1.82) is 0 Å². The molecule has 0 atom stereocenters. The van der Waals surface area contributed by atoms with Crippen molar-refractivity contribution in [1.82, 2.24) is 5.32 Å². The van der Waals surface area contributed by atoms with Crippen molar-refractivity contribution >= 4 is 0 Å². The van der Waals surface area contributed by atoms with Crippen LogP contribution >= 0.6 is 0 Å². The highest BCUT2D eigenvalue weighted by atomic mass is 16.5. The van der Waals surface area contributed by atoms with E-state index in [1.807, 2.05) is 12.2 Å². The lowest BCUT2D eigenvalue weighted by molar-refractivity contribution is 0.228. The molecule has 0 bridgehead atoms. The Bertz CT molecular complexity index is 310. The van der Waals surface area contributed by atoms with Gasteiger partial charge in [-0.05, 0) is 25.0 Å². The van der Waals surface area contributed by atoms with Gasteiger partial charge in [-0.1, -0.05) is 30.4 Å². The van der Waals surface area contributed by atoms with E-state index in [9.17, 15) is 0 Å². The first-order valence-electron chi connectivity index (χ1n) is 5.17. The van der Waals surface area contributed by atoms with Gasteiger partial charge in [0.05, 0.1) is 6.61 Å². The third-order valence-electron chi connectivity index (χ3n) is 2.25. The molecule has 0 aromatic heterocycles. The highest BCUT2D eigenvalue weighted by molar-refractivity contribution is 5.28. The van der Waals surface area contributed by atoms with Crippen LogP contribution in [0.4, 0.5) is 0 Å². The van der Waals surface area contributed by atoms with Gasteiger partial charge in [-0.25, -0.2) is 0 Å². The molecule has 1 N–H and O–H groups in total. The fourth-order valence-electron chi connectivity index (χ4n) is 1.34. The van der Waals surface area contributed by atoms with E-state index in [4.69, 9.17) is 4.74 Å². The Morgan fingerprint density at radius 2 is 2.20 bits per heavy atom. The molecular formula is C13H19NO. The van der Waals surface area contributed by atoms with Gasteiger partial charge in [-0.2, -0.15) is 0 Å². The summed E-state index contributed by atoms with van der Waals surface area (Å²) >= 11 is 0. The molecule has 1 heterocycles. The summed E-state index contributed by atoms with van der Waals surface area (Å²) < 4.78 is 5.12. The molecule has 0 unspecified atom stereocenters. The van der Waals surface area contributed by atoms with Gasteiger partial charge in [0.15, 0.2) is 0 Å². The molecule has 0 aromatic carbocycles. The van der Waals surface area contributed by atoms with Crippen LogP contribution in [0.5, 0.6) is 0 Å². The van der Waals surface area contributed by atoms with Crippen LogP contribution in [0, 0.1) is 0 Å². The Labute approximate surface area is 92.0 Å². The summed E-state index contributed by atoms with van der Waals surface area (Å²) in [7, 11) is 1.71. The van der Waals surface area contributed by atoms with Crippen LogP contribution in [0.15, 0.2) is 47.7 Å². The lowest BCUT2D eigenvalue weighted by Crippen LogP contribution is -2.13. The van der Waals surface area contributed by atoms with Crippen molar-refractivity contribution in [3.8, 4) is 0 Å². The molecule has 0 saturated heterocycles. The second-order valence-electron chi connectivity index (χ2n) is 3.71. The average molecular weight is 205 g/mol. The SMILES string of the molecule is C=C1/C=C\C(COC)=C/C/C=C(/C)CN1. The van der Waals surface area contributed by atoms with Crippen molar-refractivity contribution in [3.05, 3.63) is 47.7 Å². The van der Waals surface area contributed by atoms with Gasteiger partial charge in [0, 0.05) is 19.4 Å². The summed E-state index contributed by atoms with van der Waals surface area (Å²) in [6, 6.07) is 0. The van der Waals surface area contributed by atoms with E-state index >= 15 is 0 Å². The lowest BCUT2D eigenvalue weighted by Gasteiger charge is -2.08. The summed E-state index contributed by atoms with van der Waals surface area (Å²) in [6.07, 6.45) is 9.40. The zero-order valence-electron chi connectivity index (χ0n) is 9.55. The van der Waals surface area contributed by atoms with Crippen LogP contribution in [0.25, 0.3) is 0 Å². The minimum Gasteiger partial charge on any atom is -0.382 e. The van der Waals surface area contributed by atoms with Gasteiger partial charge in [0.1, 0.15) is 0 Å². The molecule has 2 nitrogen and oxygen atoms in total. The average Bonchev–Trinajstić information content (AvgIpc) is 2.22. The smallest absolute Gasteiger partial charge is 0.0710 e. The van der Waals surface area contributed by atoms with E-state index in [0.717, 1.165) is 18.7 Å². The van der Waals surface area contributed by atoms with Crippen molar-refractivity contribution < 1.29 is 4.74 Å². The van der Waals surface area contributed by atoms with Crippen molar-refractivity contribution in [2.45, 2.75) is 13.3 Å². The van der Waals surface area contributed by atoms with Crippen molar-refractivity contribution in [2.75, 3.05) is 20.3 Å². The summed E-state index contributed by atoms with van der Waals surface area (Å²) in [6.45, 7) is 7.57. The molecule has 1 aliphatic heterocycles. The molecule has 0 radical (unpaired) electrons. The second-order valence-corrected chi connectivity index (χ2v) is 3.71. The normalized spacial score (nSPS) is 26.9. The van der Waals surface area contributed by atoms with Crippen LogP contribution in [-0.2, 0) is 4.74 Å². The van der Waals surface area contributed by atoms with Crippen LogP contribution in [0.2, 0.25) is 0 Å². The van der Waals surface area contributed by atoms with Crippen molar-refractivity contribution in [3.63, 3.8) is 0 Å². The topological polar surface area (TPSA) is 21.3 Å². The van der Waals surface area contributed by atoms with E-state index in [1.54, 1.807) is 7.11 Å². The fraction of sp³-hybridized carbons (Fsp3) is 0.385. The minimum absolute atomic E-state index is 0.649. The van der Waals surface area contributed by atoms with Gasteiger partial charge < -0.3 is 10.1 Å². The van der Waals surface area contributed by atoms with Crippen molar-refractivity contribution in [2.24, 2.45) is 0 Å². The molecule has 1 aliphatic rings. The second kappa shape index (κ2) is 6.25. The number of hydrogen-bond acceptors (Lipinski definition) is 2. The monoisotopic (exact) mass is 205 g/mol. The van der Waals surface area contributed by atoms with Gasteiger partial charge in [-0.3, -0.25) is 0 Å². The van der Waals surface area contributed by atoms with Crippen LogP contribution in [0.1, 0.15) is 13.3 Å². The maximum Gasteiger partial charge on any atom is 0.0710 e. The molecule has 15 heavy (non-hydrogen) atoms. The number of hydrogen-bond donors (Lipinski definition) is 1. The van der Waals surface area contributed by atoms with Gasteiger partial charge >= 0.3 is 0 Å². The minimum atomic E-state index is 0.649.